The molecule has 2 atom stereocenters. The lowest BCUT2D eigenvalue weighted by molar-refractivity contribution is 0.202. The molecule has 1 saturated carbocycles. The van der Waals surface area contributed by atoms with E-state index in [0.29, 0.717) is 11.5 Å². The number of unbranched alkanes of at least 4 members (excludes halogenated alkanes) is 4. The third kappa shape index (κ3) is 3.95. The summed E-state index contributed by atoms with van der Waals surface area (Å²) in [6, 6.07) is 1.28. The first-order valence-electron chi connectivity index (χ1n) is 8.71. The highest BCUT2D eigenvalue weighted by Gasteiger charge is 2.54. The van der Waals surface area contributed by atoms with E-state index >= 15 is 0 Å². The second kappa shape index (κ2) is 7.08. The zero-order valence-corrected chi connectivity index (χ0v) is 13.2. The van der Waals surface area contributed by atoms with Crippen LogP contribution in [-0.2, 0) is 0 Å². The van der Waals surface area contributed by atoms with Crippen LogP contribution in [0.15, 0.2) is 0 Å². The predicted molar refractivity (Wildman–Crippen MR) is 83.3 cm³/mol. The van der Waals surface area contributed by atoms with Crippen molar-refractivity contribution < 1.29 is 0 Å². The number of hydrogen-bond acceptors (Lipinski definition) is 2. The van der Waals surface area contributed by atoms with Gasteiger partial charge in [0, 0.05) is 25.2 Å². The Hall–Kier alpha value is -0.0800. The number of rotatable bonds is 9. The predicted octanol–water partition coefficient (Wildman–Crippen LogP) is 3.94. The molecule has 0 aromatic carbocycles. The van der Waals surface area contributed by atoms with Gasteiger partial charge in [-0.3, -0.25) is 4.90 Å². The van der Waals surface area contributed by atoms with Gasteiger partial charge in [-0.05, 0) is 31.1 Å². The molecular weight excluding hydrogens is 232 g/mol. The monoisotopic (exact) mass is 266 g/mol. The van der Waals surface area contributed by atoms with Crippen LogP contribution in [0.25, 0.3) is 0 Å². The van der Waals surface area contributed by atoms with E-state index in [-0.39, 0.29) is 0 Å². The topological polar surface area (TPSA) is 29.3 Å². The highest BCUT2D eigenvalue weighted by molar-refractivity contribution is 5.09. The molecule has 0 bridgehead atoms. The van der Waals surface area contributed by atoms with E-state index in [4.69, 9.17) is 5.73 Å². The molecule has 0 aromatic heterocycles. The summed E-state index contributed by atoms with van der Waals surface area (Å²) in [5.41, 5.74) is 6.90. The van der Waals surface area contributed by atoms with Gasteiger partial charge >= 0.3 is 0 Å². The summed E-state index contributed by atoms with van der Waals surface area (Å²) in [7, 11) is 0. The molecule has 2 heteroatoms. The minimum atomic E-state index is 0.465. The first kappa shape index (κ1) is 15.3. The van der Waals surface area contributed by atoms with Crippen LogP contribution in [0, 0.1) is 5.41 Å². The van der Waals surface area contributed by atoms with Crippen molar-refractivity contribution in [3.63, 3.8) is 0 Å². The zero-order valence-electron chi connectivity index (χ0n) is 13.2. The average molecular weight is 266 g/mol. The molecule has 1 unspecified atom stereocenters. The van der Waals surface area contributed by atoms with Crippen molar-refractivity contribution in [2.45, 2.75) is 90.1 Å². The molecule has 0 aromatic rings. The maximum Gasteiger partial charge on any atom is 0.0237 e. The van der Waals surface area contributed by atoms with Gasteiger partial charge in [-0.1, -0.05) is 52.4 Å². The molecule has 1 spiro atoms. The van der Waals surface area contributed by atoms with Crippen LogP contribution in [-0.4, -0.2) is 30.1 Å². The average Bonchev–Trinajstić information content (AvgIpc) is 3.10. The third-order valence-electron chi connectivity index (χ3n) is 5.41. The van der Waals surface area contributed by atoms with Gasteiger partial charge in [-0.2, -0.15) is 0 Å². The van der Waals surface area contributed by atoms with Crippen LogP contribution < -0.4 is 5.73 Å². The van der Waals surface area contributed by atoms with Crippen molar-refractivity contribution in [2.75, 3.05) is 13.1 Å². The van der Waals surface area contributed by atoms with E-state index in [0.717, 1.165) is 6.04 Å². The summed E-state index contributed by atoms with van der Waals surface area (Å²) in [5, 5.41) is 0. The lowest BCUT2D eigenvalue weighted by Gasteiger charge is -2.28. The van der Waals surface area contributed by atoms with Crippen LogP contribution in [0.3, 0.4) is 0 Å². The Labute approximate surface area is 120 Å². The van der Waals surface area contributed by atoms with Crippen molar-refractivity contribution in [2.24, 2.45) is 11.1 Å². The number of hydrogen-bond donors (Lipinski definition) is 1. The van der Waals surface area contributed by atoms with Crippen molar-refractivity contribution in [1.29, 1.82) is 0 Å². The van der Waals surface area contributed by atoms with Crippen LogP contribution in [0.4, 0.5) is 0 Å². The van der Waals surface area contributed by atoms with Crippen LogP contribution in [0.5, 0.6) is 0 Å². The van der Waals surface area contributed by atoms with E-state index < -0.39 is 0 Å². The Balaban J connectivity index is 1.73. The van der Waals surface area contributed by atoms with Gasteiger partial charge in [0.1, 0.15) is 0 Å². The number of nitrogens with two attached hydrogens (primary N) is 1. The molecule has 2 aliphatic rings. The summed E-state index contributed by atoms with van der Waals surface area (Å²) in [6.45, 7) is 7.08. The fourth-order valence-electron chi connectivity index (χ4n) is 3.83. The smallest absolute Gasteiger partial charge is 0.0237 e. The van der Waals surface area contributed by atoms with Crippen molar-refractivity contribution >= 4 is 0 Å². The summed E-state index contributed by atoms with van der Waals surface area (Å²) in [6.07, 6.45) is 13.9. The molecule has 1 aliphatic heterocycles. The second-order valence-corrected chi connectivity index (χ2v) is 7.04. The number of likely N-dealkylation sites (tertiary alicyclic amines) is 1. The van der Waals surface area contributed by atoms with Gasteiger partial charge in [-0.25, -0.2) is 0 Å². The SMILES string of the molecule is CCCCCCCC(CCC)N1C[C@@H](N)C2(CC2)C1. The van der Waals surface area contributed by atoms with Crippen LogP contribution in [0.2, 0.25) is 0 Å². The Morgan fingerprint density at radius 3 is 2.37 bits per heavy atom. The quantitative estimate of drug-likeness (QED) is 0.641. The number of nitrogens with zero attached hydrogens (tertiary/aromatic N) is 1. The van der Waals surface area contributed by atoms with Crippen molar-refractivity contribution in [1.82, 2.24) is 4.90 Å². The van der Waals surface area contributed by atoms with Gasteiger partial charge < -0.3 is 5.73 Å². The van der Waals surface area contributed by atoms with Crippen molar-refractivity contribution in [3.05, 3.63) is 0 Å². The van der Waals surface area contributed by atoms with Gasteiger partial charge in [0.25, 0.3) is 0 Å². The highest BCUT2D eigenvalue weighted by Crippen LogP contribution is 2.52. The van der Waals surface area contributed by atoms with Gasteiger partial charge in [0.05, 0.1) is 0 Å². The third-order valence-corrected chi connectivity index (χ3v) is 5.41. The molecule has 1 saturated heterocycles. The fourth-order valence-corrected chi connectivity index (χ4v) is 3.83. The first-order chi connectivity index (χ1) is 9.22. The Morgan fingerprint density at radius 1 is 1.05 bits per heavy atom. The van der Waals surface area contributed by atoms with Crippen LogP contribution >= 0.6 is 0 Å². The fraction of sp³-hybridized carbons (Fsp3) is 1.00. The second-order valence-electron chi connectivity index (χ2n) is 7.04. The summed E-state index contributed by atoms with van der Waals surface area (Å²) < 4.78 is 0. The summed E-state index contributed by atoms with van der Waals surface area (Å²) in [5.74, 6) is 0. The van der Waals surface area contributed by atoms with Crippen molar-refractivity contribution in [3.8, 4) is 0 Å². The molecule has 2 N–H and O–H groups in total. The molecule has 1 aliphatic carbocycles. The Morgan fingerprint density at radius 2 is 1.79 bits per heavy atom. The van der Waals surface area contributed by atoms with Gasteiger partial charge in [-0.15, -0.1) is 0 Å². The summed E-state index contributed by atoms with van der Waals surface area (Å²) in [4.78, 5) is 2.74. The molecule has 0 radical (unpaired) electrons. The van der Waals surface area contributed by atoms with E-state index in [2.05, 4.69) is 18.7 Å². The molecule has 2 fully saturated rings. The lowest BCUT2D eigenvalue weighted by Crippen LogP contribution is -2.35. The summed E-state index contributed by atoms with van der Waals surface area (Å²) >= 11 is 0. The molecule has 1 heterocycles. The Kier molecular flexibility index (Phi) is 5.70. The molecular formula is C17H34N2. The largest absolute Gasteiger partial charge is 0.326 e. The minimum Gasteiger partial charge on any atom is -0.326 e. The van der Waals surface area contributed by atoms with E-state index in [1.165, 1.54) is 77.3 Å². The molecule has 2 rings (SSSR count). The van der Waals surface area contributed by atoms with E-state index in [9.17, 15) is 0 Å². The molecule has 19 heavy (non-hydrogen) atoms. The highest BCUT2D eigenvalue weighted by atomic mass is 15.2. The Bertz CT molecular complexity index is 260. The normalized spacial score (nSPS) is 27.0. The first-order valence-corrected chi connectivity index (χ1v) is 8.71. The molecule has 112 valence electrons. The van der Waals surface area contributed by atoms with Gasteiger partial charge in [0.2, 0.25) is 0 Å². The zero-order chi connectivity index (χ0) is 13.7. The van der Waals surface area contributed by atoms with Gasteiger partial charge in [0.15, 0.2) is 0 Å². The minimum absolute atomic E-state index is 0.465. The van der Waals surface area contributed by atoms with E-state index in [1.807, 2.05) is 0 Å². The standard InChI is InChI=1S/C17H34N2/c1-3-5-6-7-8-10-15(9-4-2)19-13-16(18)17(14-19)11-12-17/h15-16H,3-14,18H2,1-2H3/t15?,16-/m1/s1. The molecule has 0 amide bonds. The molecule has 2 nitrogen and oxygen atoms in total. The van der Waals surface area contributed by atoms with Crippen LogP contribution in [0.1, 0.15) is 78.1 Å². The maximum absolute atomic E-state index is 6.35. The van der Waals surface area contributed by atoms with E-state index in [1.54, 1.807) is 0 Å². The maximum atomic E-state index is 6.35. The lowest BCUT2D eigenvalue weighted by atomic mass is 10.0.